The molecule has 0 spiro atoms. The predicted molar refractivity (Wildman–Crippen MR) is 353 cm³/mol. The third-order valence-corrected chi connectivity index (χ3v) is 12.1. The van der Waals surface area contributed by atoms with Gasteiger partial charge in [-0.25, -0.2) is 0 Å². The molecule has 3 saturated heterocycles. The zero-order valence-electron chi connectivity index (χ0n) is 126. The van der Waals surface area contributed by atoms with Crippen LogP contribution in [-0.4, -0.2) is 150 Å². The second-order valence-corrected chi connectivity index (χ2v) is 18.3. The van der Waals surface area contributed by atoms with E-state index in [1.165, 1.54) is 0 Å². The van der Waals surface area contributed by atoms with Gasteiger partial charge in [-0.05, 0) is 143 Å². The van der Waals surface area contributed by atoms with Crippen LogP contribution in [0.25, 0.3) is 0 Å². The van der Waals surface area contributed by atoms with E-state index in [-0.39, 0.29) is 19.6 Å². The molecule has 18 nitrogen and oxygen atoms in total. The lowest BCUT2D eigenvalue weighted by Gasteiger charge is -2.47. The van der Waals surface area contributed by atoms with Gasteiger partial charge in [0, 0.05) is 184 Å². The number of methoxy groups -OCH3 is 6. The smallest absolute Gasteiger partial charge is 0.323 e. The maximum atomic E-state index is 13.9. The topological polar surface area (TPSA) is 222 Å². The van der Waals surface area contributed by atoms with E-state index in [2.05, 4.69) is 0 Å². The summed E-state index contributed by atoms with van der Waals surface area (Å²) in [6, 6.07) is -21.9. The van der Waals surface area contributed by atoms with Crippen molar-refractivity contribution in [3.63, 3.8) is 0 Å². The molecule has 0 aromatic heterocycles. The fourth-order valence-electron chi connectivity index (χ4n) is 8.03. The largest absolute Gasteiger partial charge is 0.493 e. The highest BCUT2D eigenvalue weighted by Crippen LogP contribution is 2.48. The van der Waals surface area contributed by atoms with Gasteiger partial charge in [-0.15, -0.1) is 0 Å². The molecule has 6 heterocycles. The molecular weight excluding hydrogens is 1140 g/mol. The van der Waals surface area contributed by atoms with Crippen LogP contribution in [0.15, 0.2) is 36.4 Å². The Balaban J connectivity index is 0.000000338. The van der Waals surface area contributed by atoms with E-state index in [1.807, 2.05) is 0 Å². The van der Waals surface area contributed by atoms with Crippen molar-refractivity contribution in [1.29, 1.82) is 0 Å². The average Bonchev–Trinajstić information content (AvgIpc) is 0.642. The molecule has 0 saturated carbocycles. The minimum Gasteiger partial charge on any atom is -0.493 e. The van der Waals surface area contributed by atoms with Gasteiger partial charge >= 0.3 is 17.9 Å². The molecular formula is C72H114N6O12. The number of rotatable bonds is 21. The normalized spacial score (nSPS) is 54.7. The van der Waals surface area contributed by atoms with E-state index in [9.17, 15) is 39.1 Å². The van der Waals surface area contributed by atoms with Gasteiger partial charge in [-0.1, -0.05) is 82.4 Å². The van der Waals surface area contributed by atoms with Crippen molar-refractivity contribution in [2.75, 3.05) is 81.5 Å². The van der Waals surface area contributed by atoms with E-state index < -0.39 is 374 Å². The Hall–Kier alpha value is -5.37. The van der Waals surface area contributed by atoms with Crippen molar-refractivity contribution in [1.82, 2.24) is 14.7 Å². The standard InChI is InChI=1S/3C24H38N2O4/c3*1-14(2)9-17-13-26-8-7-16-10-21(28-5)22(29-6)11-18(16)19(26)12-20(17)30-24(27)23(25)15(3)4/h3*10-11,14-15,17,19-20,23H,7-9,12-13,25H2,1-6H3/t3*17?,19?,20?,23-/m000/s1/i2*1D3,3D3,4D3,5D3,7D2,8D2,9D2,12D2,13D2,14D,15D,17D,19D,23D;1D3,3D3,4D3,7D2,8D2,9D2,12D2,13D2,14D,15D,17D,19D,23D/t3*14?,17?,19?,20?,23-. The first-order chi connectivity index (χ1) is 72.7. The zero-order valence-corrected chi connectivity index (χ0v) is 48.2. The molecule has 18 heteroatoms. The van der Waals surface area contributed by atoms with Crippen molar-refractivity contribution >= 4 is 17.9 Å². The Morgan fingerprint density at radius 1 is 0.478 bits per heavy atom. The Bertz CT molecular complexity index is 6090. The highest BCUT2D eigenvalue weighted by Gasteiger charge is 2.45. The zero-order chi connectivity index (χ0) is 134. The molecule has 90 heavy (non-hydrogen) atoms. The fourth-order valence-corrected chi connectivity index (χ4v) is 8.03. The van der Waals surface area contributed by atoms with Gasteiger partial charge in [0.1, 0.15) is 36.4 Å². The van der Waals surface area contributed by atoms with Crippen molar-refractivity contribution in [3.05, 3.63) is 69.8 Å². The number of nitrogens with two attached hydrogens (primary N) is 3. The van der Waals surface area contributed by atoms with Crippen molar-refractivity contribution in [2.45, 2.75) is 194 Å². The molecule has 3 aromatic rings. The van der Waals surface area contributed by atoms with E-state index in [1.54, 1.807) is 0 Å². The SMILES string of the molecule is [2H]C([2H])([2H])C([2H])(C)C([2H])([2H])C1([2H])C(OC(=O)[C@@]([2H])(N)C([2H])(C([2H])([2H])[2H])C([2H])([2H])[2H])C([2H])([2H])C2([2H])c3cc(OC)c(OC)cc3C([2H])([2H])C([2H])([2H])N2C1([2H])[2H].[2H]C([2H])([2H])Oc1cc2c(cc1OC)C1([2H])N(C([2H])([2H])C2([2H])[2H])C([2H])([2H])C([2H])(C([2H])([2H])C([2H])(C)C([2H])([2H])[2H])C(OC(=O)[C@@]([2H])(N)C([2H])(C([2H])([2H])[2H])C([2H])([2H])[2H])C1([2H])[2H].[2H]C([2H])([2H])Oc1cc2c(cc1OC)C1([2H])N(C([2H])([2H])C2([2H])[2H])C([2H])([2H])C([2H])(C([2H])([2H])C([2H])(C)C([2H])([2H])[2H])C(OC(=O)[C@@]([2H])(N)C([2H])(C([2H])([2H])[2H])C([2H])([2H])[2H])C1([2H])[2H]. The number of fused-ring (bicyclic) bond motifs is 9. The minimum atomic E-state index is -4.68. The van der Waals surface area contributed by atoms with Crippen LogP contribution in [0.2, 0.25) is 0 Å². The van der Waals surface area contributed by atoms with Crippen LogP contribution in [0.3, 0.4) is 0 Å². The molecule has 3 fully saturated rings. The molecule has 0 radical (unpaired) electrons. The Labute approximate surface area is 649 Å². The summed E-state index contributed by atoms with van der Waals surface area (Å²) in [5.41, 5.74) is 10.1. The molecule has 0 amide bonds. The van der Waals surface area contributed by atoms with Crippen molar-refractivity contribution in [3.8, 4) is 34.5 Å². The molecule has 12 unspecified atom stereocenters. The number of hydrogen-bond acceptors (Lipinski definition) is 18. The number of ether oxygens (including phenoxy) is 9. The van der Waals surface area contributed by atoms with Gasteiger partial charge in [0.15, 0.2) is 34.5 Å². The summed E-state index contributed by atoms with van der Waals surface area (Å²) < 4.78 is 704. The number of carbonyl (C=O) groups excluding carboxylic acids is 3. The van der Waals surface area contributed by atoms with Crippen molar-refractivity contribution in [2.24, 2.45) is 70.2 Å². The number of hydrogen-bond donors (Lipinski definition) is 3. The average molecular weight is 1330 g/mol. The molecule has 3 aromatic carbocycles. The quantitative estimate of drug-likeness (QED) is 0.0666. The molecule has 6 N–H and O–H groups in total. The maximum Gasteiger partial charge on any atom is 0.323 e. The predicted octanol–water partition coefficient (Wildman–Crippen LogP) is 10.7. The van der Waals surface area contributed by atoms with Crippen LogP contribution in [0.4, 0.5) is 0 Å². The number of aryl methyl sites for hydroxylation is 3. The molecule has 9 rings (SSSR count). The van der Waals surface area contributed by atoms with Gasteiger partial charge in [0.05, 0.1) is 59.0 Å². The van der Waals surface area contributed by atoms with Gasteiger partial charge in [-0.3, -0.25) is 29.1 Å². The van der Waals surface area contributed by atoms with Crippen LogP contribution in [-0.2, 0) is 47.7 Å². The van der Waals surface area contributed by atoms with Gasteiger partial charge in [0.2, 0.25) is 0 Å². The Morgan fingerprint density at radius 3 is 0.989 bits per heavy atom. The first-order valence-corrected chi connectivity index (χ1v) is 25.3. The maximum absolute atomic E-state index is 13.9. The molecule has 0 bridgehead atoms. The Kier molecular flexibility index (Phi) is 7.51. The molecule has 6 aliphatic rings. The summed E-state index contributed by atoms with van der Waals surface area (Å²) in [7, 11) is -2.80. The van der Waals surface area contributed by atoms with Crippen molar-refractivity contribution < 1.29 is 164 Å². The van der Waals surface area contributed by atoms with Gasteiger partial charge in [-0.2, -0.15) is 0 Å². The summed E-state index contributed by atoms with van der Waals surface area (Å²) in [6.07, 6.45) is -49.1. The van der Waals surface area contributed by atoms with E-state index >= 15 is 0 Å². The minimum absolute atomic E-state index is 0.260. The number of esters is 3. The van der Waals surface area contributed by atoms with Gasteiger partial charge < -0.3 is 59.8 Å². The molecule has 0 aliphatic carbocycles. The van der Waals surface area contributed by atoms with Crippen LogP contribution >= 0.6 is 0 Å². The number of benzene rings is 3. The number of nitrogens with zero attached hydrogens (tertiary/aromatic N) is 3. The lowest BCUT2D eigenvalue weighted by Crippen LogP contribution is -2.51. The summed E-state index contributed by atoms with van der Waals surface area (Å²) in [5.74, 6) is -51.0. The fraction of sp³-hybridized carbons (Fsp3) is 0.708. The monoisotopic (exact) mass is 1330 g/mol. The summed E-state index contributed by atoms with van der Waals surface area (Å²) in [6.45, 7) is -62.3. The van der Waals surface area contributed by atoms with E-state index in [0.29, 0.717) is 37.3 Å². The second-order valence-electron chi connectivity index (χ2n) is 18.3. The van der Waals surface area contributed by atoms with Crippen LogP contribution < -0.4 is 45.6 Å². The lowest BCUT2D eigenvalue weighted by molar-refractivity contribution is -0.161. The third kappa shape index (κ3) is 17.5. The molecule has 15 atom stereocenters. The highest BCUT2D eigenvalue weighted by atomic mass is 16.6. The number of piperidine rings is 3. The molecule has 504 valence electrons. The summed E-state index contributed by atoms with van der Waals surface area (Å²) in [5, 5.41) is 0. The molecule has 6 aliphatic heterocycles. The van der Waals surface area contributed by atoms with Gasteiger partial charge in [0.25, 0.3) is 0 Å². The van der Waals surface area contributed by atoms with Crippen LogP contribution in [0.5, 0.6) is 34.5 Å². The van der Waals surface area contributed by atoms with E-state index in [0.717, 1.165) is 34.5 Å². The lowest BCUT2D eigenvalue weighted by atomic mass is 9.79. The van der Waals surface area contributed by atoms with Crippen LogP contribution in [0, 0.1) is 53.0 Å². The van der Waals surface area contributed by atoms with Crippen LogP contribution in [0.1, 0.15) is 279 Å². The summed E-state index contributed by atoms with van der Waals surface area (Å²) >= 11 is 0. The number of carbonyl (C=O) groups is 3. The first kappa shape index (κ1) is 20.8. The first-order valence-electron chi connectivity index (χ1n) is 64.3. The highest BCUT2D eigenvalue weighted by molar-refractivity contribution is 5.77. The third-order valence-electron chi connectivity index (χ3n) is 12.1. The van der Waals surface area contributed by atoms with E-state index in [4.69, 9.17) is 142 Å². The summed E-state index contributed by atoms with van der Waals surface area (Å²) in [4.78, 5) is 39.9. The second kappa shape index (κ2) is 32.5. The Morgan fingerprint density at radius 2 is 0.744 bits per heavy atom.